The predicted molar refractivity (Wildman–Crippen MR) is 59.9 cm³/mol. The smallest absolute Gasteiger partial charge is 0.150 e. The van der Waals surface area contributed by atoms with Gasteiger partial charge in [-0.15, -0.1) is 11.6 Å². The minimum Gasteiger partial charge on any atom is -0.378 e. The highest BCUT2D eigenvalue weighted by molar-refractivity contribution is 7.91. The SMILES string of the molecule is CC1OCCC1(CCl)C1CCS(=O)(=O)C1. The normalized spacial score (nSPS) is 44.7. The molecule has 2 rings (SSSR count). The number of sulfone groups is 1. The molecule has 3 atom stereocenters. The van der Waals surface area contributed by atoms with Gasteiger partial charge in [-0.2, -0.15) is 0 Å². The van der Waals surface area contributed by atoms with Gasteiger partial charge in [-0.3, -0.25) is 0 Å². The van der Waals surface area contributed by atoms with Crippen LogP contribution >= 0.6 is 11.6 Å². The van der Waals surface area contributed by atoms with Gasteiger partial charge in [0.1, 0.15) is 0 Å². The summed E-state index contributed by atoms with van der Waals surface area (Å²) in [5, 5.41) is 0. The summed E-state index contributed by atoms with van der Waals surface area (Å²) in [5.74, 6) is 1.32. The maximum atomic E-state index is 11.5. The summed E-state index contributed by atoms with van der Waals surface area (Å²) in [6, 6.07) is 0. The minimum atomic E-state index is -2.82. The van der Waals surface area contributed by atoms with E-state index in [1.807, 2.05) is 6.92 Å². The summed E-state index contributed by atoms with van der Waals surface area (Å²) in [5.41, 5.74) is -0.106. The van der Waals surface area contributed by atoms with Crippen LogP contribution in [0.25, 0.3) is 0 Å². The molecule has 0 N–H and O–H groups in total. The lowest BCUT2D eigenvalue weighted by Crippen LogP contribution is -2.39. The molecule has 2 fully saturated rings. The molecule has 88 valence electrons. The van der Waals surface area contributed by atoms with Crippen molar-refractivity contribution >= 4 is 21.4 Å². The van der Waals surface area contributed by atoms with Gasteiger partial charge < -0.3 is 4.74 Å². The van der Waals surface area contributed by atoms with E-state index in [1.165, 1.54) is 0 Å². The Kier molecular flexibility index (Phi) is 3.03. The van der Waals surface area contributed by atoms with E-state index >= 15 is 0 Å². The molecule has 0 bridgehead atoms. The highest BCUT2D eigenvalue weighted by Crippen LogP contribution is 2.47. The van der Waals surface area contributed by atoms with Crippen molar-refractivity contribution in [2.75, 3.05) is 24.0 Å². The molecular formula is C10H17ClO3S. The number of halogens is 1. The van der Waals surface area contributed by atoms with Crippen molar-refractivity contribution in [1.82, 2.24) is 0 Å². The average molecular weight is 253 g/mol. The van der Waals surface area contributed by atoms with Crippen molar-refractivity contribution in [2.24, 2.45) is 11.3 Å². The minimum absolute atomic E-state index is 0.0910. The second-order valence-electron chi connectivity index (χ2n) is 4.73. The van der Waals surface area contributed by atoms with Crippen LogP contribution in [-0.4, -0.2) is 38.5 Å². The molecule has 0 saturated carbocycles. The lowest BCUT2D eigenvalue weighted by atomic mass is 9.72. The number of rotatable bonds is 2. The van der Waals surface area contributed by atoms with Crippen LogP contribution in [0.2, 0.25) is 0 Å². The molecule has 2 heterocycles. The van der Waals surface area contributed by atoms with Crippen molar-refractivity contribution in [1.29, 1.82) is 0 Å². The molecule has 5 heteroatoms. The number of alkyl halides is 1. The average Bonchev–Trinajstić information content (AvgIpc) is 2.70. The summed E-state index contributed by atoms with van der Waals surface area (Å²) >= 11 is 6.06. The second-order valence-corrected chi connectivity index (χ2v) is 7.23. The molecule has 0 aromatic heterocycles. The molecule has 2 aliphatic rings. The van der Waals surface area contributed by atoms with E-state index in [0.29, 0.717) is 24.0 Å². The summed E-state index contributed by atoms with van der Waals surface area (Å²) in [4.78, 5) is 0. The summed E-state index contributed by atoms with van der Waals surface area (Å²) in [7, 11) is -2.82. The van der Waals surface area contributed by atoms with Crippen LogP contribution in [0.5, 0.6) is 0 Å². The Morgan fingerprint density at radius 2 is 2.27 bits per heavy atom. The van der Waals surface area contributed by atoms with Gasteiger partial charge in [0.2, 0.25) is 0 Å². The summed E-state index contributed by atoms with van der Waals surface area (Å²) in [6.45, 7) is 2.73. The van der Waals surface area contributed by atoms with E-state index in [-0.39, 0.29) is 17.4 Å². The maximum Gasteiger partial charge on any atom is 0.150 e. The lowest BCUT2D eigenvalue weighted by molar-refractivity contribution is 0.0480. The third kappa shape index (κ3) is 1.92. The fourth-order valence-electron chi connectivity index (χ4n) is 2.86. The maximum absolute atomic E-state index is 11.5. The summed E-state index contributed by atoms with van der Waals surface area (Å²) in [6.07, 6.45) is 1.74. The van der Waals surface area contributed by atoms with Gasteiger partial charge in [0.05, 0.1) is 17.6 Å². The monoisotopic (exact) mass is 252 g/mol. The van der Waals surface area contributed by atoms with Gasteiger partial charge in [-0.25, -0.2) is 8.42 Å². The van der Waals surface area contributed by atoms with Crippen LogP contribution < -0.4 is 0 Å². The van der Waals surface area contributed by atoms with Gasteiger partial charge >= 0.3 is 0 Å². The van der Waals surface area contributed by atoms with E-state index in [9.17, 15) is 8.42 Å². The molecule has 3 nitrogen and oxygen atoms in total. The molecule has 2 aliphatic heterocycles. The van der Waals surface area contributed by atoms with Gasteiger partial charge in [-0.05, 0) is 25.7 Å². The Labute approximate surface area is 96.1 Å². The first-order valence-electron chi connectivity index (χ1n) is 5.38. The quantitative estimate of drug-likeness (QED) is 0.699. The van der Waals surface area contributed by atoms with E-state index in [4.69, 9.17) is 16.3 Å². The molecule has 0 aromatic carbocycles. The molecule has 0 spiro atoms. The van der Waals surface area contributed by atoms with Crippen molar-refractivity contribution in [3.05, 3.63) is 0 Å². The third-order valence-corrected chi connectivity index (χ3v) is 6.30. The molecule has 0 aliphatic carbocycles. The zero-order valence-corrected chi connectivity index (χ0v) is 10.5. The van der Waals surface area contributed by atoms with Crippen molar-refractivity contribution in [3.8, 4) is 0 Å². The Morgan fingerprint density at radius 3 is 2.67 bits per heavy atom. The fourth-order valence-corrected chi connectivity index (χ4v) is 5.36. The molecule has 0 aromatic rings. The van der Waals surface area contributed by atoms with Crippen LogP contribution in [0, 0.1) is 11.3 Å². The molecule has 15 heavy (non-hydrogen) atoms. The fraction of sp³-hybridized carbons (Fsp3) is 1.00. The zero-order valence-electron chi connectivity index (χ0n) is 8.91. The first kappa shape index (κ1) is 11.7. The van der Waals surface area contributed by atoms with Crippen molar-refractivity contribution in [2.45, 2.75) is 25.9 Å². The van der Waals surface area contributed by atoms with Gasteiger partial charge in [-0.1, -0.05) is 0 Å². The van der Waals surface area contributed by atoms with Crippen LogP contribution in [0.3, 0.4) is 0 Å². The molecule has 0 amide bonds. The third-order valence-electron chi connectivity index (χ3n) is 4.04. The van der Waals surface area contributed by atoms with E-state index in [1.54, 1.807) is 0 Å². The molecule has 2 saturated heterocycles. The first-order valence-corrected chi connectivity index (χ1v) is 7.74. The Hall–Kier alpha value is 0.200. The highest BCUT2D eigenvalue weighted by atomic mass is 35.5. The van der Waals surface area contributed by atoms with Gasteiger partial charge in [0.15, 0.2) is 9.84 Å². The van der Waals surface area contributed by atoms with Crippen LogP contribution in [0.4, 0.5) is 0 Å². The number of hydrogen-bond donors (Lipinski definition) is 0. The predicted octanol–water partition coefficient (Wildman–Crippen LogP) is 1.46. The molecule has 3 unspecified atom stereocenters. The Bertz CT molecular complexity index is 341. The lowest BCUT2D eigenvalue weighted by Gasteiger charge is -2.35. The van der Waals surface area contributed by atoms with E-state index in [2.05, 4.69) is 0 Å². The first-order chi connectivity index (χ1) is 7.00. The number of hydrogen-bond acceptors (Lipinski definition) is 3. The summed E-state index contributed by atoms with van der Waals surface area (Å²) < 4.78 is 28.5. The molecule has 0 radical (unpaired) electrons. The topological polar surface area (TPSA) is 43.4 Å². The van der Waals surface area contributed by atoms with Gasteiger partial charge in [0, 0.05) is 17.9 Å². The largest absolute Gasteiger partial charge is 0.378 e. The Morgan fingerprint density at radius 1 is 1.53 bits per heavy atom. The van der Waals surface area contributed by atoms with Crippen molar-refractivity contribution in [3.63, 3.8) is 0 Å². The second kappa shape index (κ2) is 3.90. The van der Waals surface area contributed by atoms with Crippen LogP contribution in [-0.2, 0) is 14.6 Å². The van der Waals surface area contributed by atoms with Gasteiger partial charge in [0.25, 0.3) is 0 Å². The standard InChI is InChI=1S/C10H17ClO3S/c1-8-10(7-11,3-4-14-8)9-2-5-15(12,13)6-9/h8-9H,2-7H2,1H3. The van der Waals surface area contributed by atoms with Crippen molar-refractivity contribution < 1.29 is 13.2 Å². The van der Waals surface area contributed by atoms with Crippen LogP contribution in [0.15, 0.2) is 0 Å². The van der Waals surface area contributed by atoms with E-state index in [0.717, 1.165) is 12.8 Å². The highest BCUT2D eigenvalue weighted by Gasteiger charge is 2.50. The zero-order chi connectivity index (χ0) is 11.1. The number of ether oxygens (including phenoxy) is 1. The molecular weight excluding hydrogens is 236 g/mol. The van der Waals surface area contributed by atoms with E-state index < -0.39 is 9.84 Å². The Balaban J connectivity index is 2.21. The van der Waals surface area contributed by atoms with Crippen LogP contribution in [0.1, 0.15) is 19.8 Å².